The standard InChI is InChI=1S/C15H19NO2S/c1-17-13-4-2-5-14(12-13)18-10-9-16-8-7-15-6-3-11-19-15/h2-6,11-12,16H,7-10H2,1H3. The Morgan fingerprint density at radius 3 is 2.79 bits per heavy atom. The normalized spacial score (nSPS) is 10.4. The van der Waals surface area contributed by atoms with Crippen molar-refractivity contribution in [2.75, 3.05) is 26.8 Å². The molecule has 0 aliphatic rings. The van der Waals surface area contributed by atoms with Crippen molar-refractivity contribution >= 4 is 11.3 Å². The molecule has 0 radical (unpaired) electrons. The summed E-state index contributed by atoms with van der Waals surface area (Å²) in [5.74, 6) is 1.67. The van der Waals surface area contributed by atoms with Gasteiger partial charge in [0.2, 0.25) is 0 Å². The van der Waals surface area contributed by atoms with Crippen LogP contribution in [0.1, 0.15) is 4.88 Å². The van der Waals surface area contributed by atoms with Gasteiger partial charge in [0.25, 0.3) is 0 Å². The zero-order valence-corrected chi connectivity index (χ0v) is 11.9. The molecule has 0 bridgehead atoms. The predicted molar refractivity (Wildman–Crippen MR) is 79.4 cm³/mol. The van der Waals surface area contributed by atoms with Gasteiger partial charge in [-0.1, -0.05) is 12.1 Å². The third-order valence-corrected chi connectivity index (χ3v) is 3.65. The van der Waals surface area contributed by atoms with Crippen molar-refractivity contribution in [3.8, 4) is 11.5 Å². The predicted octanol–water partition coefficient (Wildman–Crippen LogP) is 2.97. The molecule has 0 saturated carbocycles. The summed E-state index contributed by atoms with van der Waals surface area (Å²) in [6, 6.07) is 11.9. The molecule has 4 heteroatoms. The number of nitrogens with one attached hydrogen (secondary N) is 1. The van der Waals surface area contributed by atoms with Gasteiger partial charge in [0.1, 0.15) is 18.1 Å². The molecule has 0 aliphatic heterocycles. The van der Waals surface area contributed by atoms with E-state index in [1.807, 2.05) is 24.3 Å². The molecule has 1 aromatic heterocycles. The quantitative estimate of drug-likeness (QED) is 0.753. The van der Waals surface area contributed by atoms with Crippen LogP contribution >= 0.6 is 11.3 Å². The highest BCUT2D eigenvalue weighted by Crippen LogP contribution is 2.18. The van der Waals surface area contributed by atoms with Gasteiger partial charge in [-0.15, -0.1) is 11.3 Å². The van der Waals surface area contributed by atoms with Gasteiger partial charge in [0, 0.05) is 24.0 Å². The number of thiophene rings is 1. The molecule has 102 valence electrons. The van der Waals surface area contributed by atoms with E-state index in [2.05, 4.69) is 22.8 Å². The van der Waals surface area contributed by atoms with E-state index in [1.54, 1.807) is 18.4 Å². The summed E-state index contributed by atoms with van der Waals surface area (Å²) in [5, 5.41) is 5.49. The molecule has 0 unspecified atom stereocenters. The Labute approximate surface area is 118 Å². The van der Waals surface area contributed by atoms with Crippen molar-refractivity contribution < 1.29 is 9.47 Å². The average Bonchev–Trinajstić information content (AvgIpc) is 2.96. The van der Waals surface area contributed by atoms with E-state index in [4.69, 9.17) is 9.47 Å². The fourth-order valence-corrected chi connectivity index (χ4v) is 2.43. The minimum absolute atomic E-state index is 0.664. The van der Waals surface area contributed by atoms with Gasteiger partial charge >= 0.3 is 0 Å². The third-order valence-electron chi connectivity index (χ3n) is 2.72. The van der Waals surface area contributed by atoms with Gasteiger partial charge in [-0.05, 0) is 30.0 Å². The second-order valence-corrected chi connectivity index (χ2v) is 5.14. The molecule has 2 aromatic rings. The van der Waals surface area contributed by atoms with Crippen LogP contribution in [0.5, 0.6) is 11.5 Å². The Hall–Kier alpha value is -1.52. The molecule has 0 atom stereocenters. The van der Waals surface area contributed by atoms with Crippen molar-refractivity contribution in [3.05, 3.63) is 46.7 Å². The summed E-state index contributed by atoms with van der Waals surface area (Å²) in [6.07, 6.45) is 1.08. The van der Waals surface area contributed by atoms with E-state index in [1.165, 1.54) is 4.88 Å². The van der Waals surface area contributed by atoms with E-state index in [9.17, 15) is 0 Å². The van der Waals surface area contributed by atoms with E-state index < -0.39 is 0 Å². The Morgan fingerprint density at radius 2 is 2.00 bits per heavy atom. The van der Waals surface area contributed by atoms with Gasteiger partial charge in [-0.3, -0.25) is 0 Å². The molecule has 0 fully saturated rings. The van der Waals surface area contributed by atoms with E-state index in [0.29, 0.717) is 6.61 Å². The number of hydrogen-bond acceptors (Lipinski definition) is 4. The topological polar surface area (TPSA) is 30.5 Å². The van der Waals surface area contributed by atoms with Crippen LogP contribution in [-0.2, 0) is 6.42 Å². The van der Waals surface area contributed by atoms with Gasteiger partial charge in [-0.2, -0.15) is 0 Å². The van der Waals surface area contributed by atoms with Crippen molar-refractivity contribution in [1.29, 1.82) is 0 Å². The van der Waals surface area contributed by atoms with Gasteiger partial charge in [0.05, 0.1) is 7.11 Å². The monoisotopic (exact) mass is 277 g/mol. The van der Waals surface area contributed by atoms with Crippen LogP contribution in [0.4, 0.5) is 0 Å². The summed E-state index contributed by atoms with van der Waals surface area (Å²) >= 11 is 1.80. The first-order chi connectivity index (χ1) is 9.38. The van der Waals surface area contributed by atoms with E-state index in [-0.39, 0.29) is 0 Å². The highest BCUT2D eigenvalue weighted by atomic mass is 32.1. The maximum absolute atomic E-state index is 5.65. The van der Waals surface area contributed by atoms with Crippen LogP contribution in [0.3, 0.4) is 0 Å². The van der Waals surface area contributed by atoms with Gasteiger partial charge < -0.3 is 14.8 Å². The number of rotatable bonds is 8. The minimum atomic E-state index is 0.664. The third kappa shape index (κ3) is 4.93. The molecule has 0 amide bonds. The minimum Gasteiger partial charge on any atom is -0.497 e. The van der Waals surface area contributed by atoms with Crippen LogP contribution in [0.2, 0.25) is 0 Å². The second-order valence-electron chi connectivity index (χ2n) is 4.11. The molecule has 1 N–H and O–H groups in total. The lowest BCUT2D eigenvalue weighted by atomic mass is 10.3. The first-order valence-corrected chi connectivity index (χ1v) is 7.26. The summed E-state index contributed by atoms with van der Waals surface area (Å²) in [5.41, 5.74) is 0. The Morgan fingerprint density at radius 1 is 1.11 bits per heavy atom. The van der Waals surface area contributed by atoms with Crippen LogP contribution in [-0.4, -0.2) is 26.8 Å². The molecule has 0 spiro atoms. The fraction of sp³-hybridized carbons (Fsp3) is 0.333. The number of hydrogen-bond donors (Lipinski definition) is 1. The van der Waals surface area contributed by atoms with Gasteiger partial charge in [-0.25, -0.2) is 0 Å². The number of benzene rings is 1. The van der Waals surface area contributed by atoms with Crippen LogP contribution in [0.25, 0.3) is 0 Å². The Balaban J connectivity index is 1.58. The summed E-state index contributed by atoms with van der Waals surface area (Å²) in [4.78, 5) is 1.42. The SMILES string of the molecule is COc1cccc(OCCNCCc2cccs2)c1. The van der Waals surface area contributed by atoms with E-state index in [0.717, 1.165) is 31.0 Å². The van der Waals surface area contributed by atoms with Crippen LogP contribution in [0, 0.1) is 0 Å². The molecule has 0 aliphatic carbocycles. The maximum atomic E-state index is 5.65. The van der Waals surface area contributed by atoms with E-state index >= 15 is 0 Å². The van der Waals surface area contributed by atoms with Crippen LogP contribution in [0.15, 0.2) is 41.8 Å². The van der Waals surface area contributed by atoms with Crippen molar-refractivity contribution in [2.24, 2.45) is 0 Å². The molecular weight excluding hydrogens is 258 g/mol. The smallest absolute Gasteiger partial charge is 0.123 e. The van der Waals surface area contributed by atoms with Gasteiger partial charge in [0.15, 0.2) is 0 Å². The average molecular weight is 277 g/mol. The molecule has 1 aromatic carbocycles. The number of methoxy groups -OCH3 is 1. The highest BCUT2D eigenvalue weighted by molar-refractivity contribution is 7.09. The largest absolute Gasteiger partial charge is 0.497 e. The summed E-state index contributed by atoms with van der Waals surface area (Å²) in [6.45, 7) is 2.50. The zero-order chi connectivity index (χ0) is 13.3. The second kappa shape index (κ2) is 7.81. The zero-order valence-electron chi connectivity index (χ0n) is 11.1. The molecular formula is C15H19NO2S. The molecule has 1 heterocycles. The lowest BCUT2D eigenvalue weighted by molar-refractivity contribution is 0.312. The molecule has 3 nitrogen and oxygen atoms in total. The molecule has 19 heavy (non-hydrogen) atoms. The first-order valence-electron chi connectivity index (χ1n) is 6.38. The van der Waals surface area contributed by atoms with Crippen molar-refractivity contribution in [2.45, 2.75) is 6.42 Å². The van der Waals surface area contributed by atoms with Crippen molar-refractivity contribution in [3.63, 3.8) is 0 Å². The maximum Gasteiger partial charge on any atom is 0.123 e. The van der Waals surface area contributed by atoms with Crippen molar-refractivity contribution in [1.82, 2.24) is 5.32 Å². The lowest BCUT2D eigenvalue weighted by Gasteiger charge is -2.08. The fourth-order valence-electron chi connectivity index (χ4n) is 1.72. The Bertz CT molecular complexity index is 471. The number of ether oxygens (including phenoxy) is 2. The molecule has 0 saturated heterocycles. The molecule has 2 rings (SSSR count). The van der Waals surface area contributed by atoms with Crippen LogP contribution < -0.4 is 14.8 Å². The first kappa shape index (κ1) is 13.9. The summed E-state index contributed by atoms with van der Waals surface area (Å²) in [7, 11) is 1.66. The highest BCUT2D eigenvalue weighted by Gasteiger charge is 1.97. The Kier molecular flexibility index (Phi) is 5.72. The lowest BCUT2D eigenvalue weighted by Crippen LogP contribution is -2.23. The summed E-state index contributed by atoms with van der Waals surface area (Å²) < 4.78 is 10.8.